The van der Waals surface area contributed by atoms with E-state index in [0.29, 0.717) is 0 Å². The molecule has 0 saturated carbocycles. The molecule has 2 heterocycles. The summed E-state index contributed by atoms with van der Waals surface area (Å²) < 4.78 is 5.09. The molecule has 0 spiro atoms. The van der Waals surface area contributed by atoms with Gasteiger partial charge in [-0.2, -0.15) is 0 Å². The maximum absolute atomic E-state index is 2.42. The molecule has 230 valence electrons. The van der Waals surface area contributed by atoms with E-state index < -0.39 is 0 Å². The van der Waals surface area contributed by atoms with Crippen molar-refractivity contribution in [2.24, 2.45) is 0 Å². The van der Waals surface area contributed by atoms with Crippen molar-refractivity contribution in [3.63, 3.8) is 0 Å². The van der Waals surface area contributed by atoms with Crippen molar-refractivity contribution in [3.05, 3.63) is 182 Å². The average molecular weight is 643 g/mol. The summed E-state index contributed by atoms with van der Waals surface area (Å²) in [5.41, 5.74) is 9.43. The van der Waals surface area contributed by atoms with Gasteiger partial charge in [-0.05, 0) is 94.7 Å². The highest BCUT2D eigenvalue weighted by molar-refractivity contribution is 7.26. The Morgan fingerprint density at radius 2 is 1.06 bits per heavy atom. The first-order valence-electron chi connectivity index (χ1n) is 16.7. The molecule has 0 atom stereocenters. The van der Waals surface area contributed by atoms with Crippen LogP contribution < -0.4 is 4.90 Å². The molecule has 0 N–H and O–H groups in total. The van der Waals surface area contributed by atoms with E-state index >= 15 is 0 Å². The lowest BCUT2D eigenvalue weighted by Crippen LogP contribution is -2.09. The second-order valence-corrected chi connectivity index (χ2v) is 13.6. The van der Waals surface area contributed by atoms with Crippen LogP contribution in [0.2, 0.25) is 0 Å². The van der Waals surface area contributed by atoms with E-state index in [1.54, 1.807) is 0 Å². The highest BCUT2D eigenvalue weighted by Crippen LogP contribution is 2.44. The van der Waals surface area contributed by atoms with Crippen LogP contribution in [0.1, 0.15) is 0 Å². The van der Waals surface area contributed by atoms with Crippen molar-refractivity contribution in [1.29, 1.82) is 0 Å². The number of nitrogens with zero attached hydrogens (tertiary/aromatic N) is 2. The summed E-state index contributed by atoms with van der Waals surface area (Å²) in [6.45, 7) is 0. The van der Waals surface area contributed by atoms with Crippen molar-refractivity contribution in [1.82, 2.24) is 4.57 Å². The molecule has 0 amide bonds. The van der Waals surface area contributed by atoms with Crippen molar-refractivity contribution in [3.8, 4) is 16.8 Å². The first-order valence-corrected chi connectivity index (χ1v) is 17.5. The third-order valence-electron chi connectivity index (χ3n) is 9.75. The van der Waals surface area contributed by atoms with Crippen LogP contribution in [0.25, 0.3) is 69.6 Å². The summed E-state index contributed by atoms with van der Waals surface area (Å²) >= 11 is 1.90. The molecule has 2 nitrogen and oxygen atoms in total. The predicted molar refractivity (Wildman–Crippen MR) is 211 cm³/mol. The lowest BCUT2D eigenvalue weighted by Gasteiger charge is -2.26. The van der Waals surface area contributed by atoms with Gasteiger partial charge in [0.05, 0.1) is 11.0 Å². The summed E-state index contributed by atoms with van der Waals surface area (Å²) in [5.74, 6) is 0. The molecule has 2 aromatic heterocycles. The minimum Gasteiger partial charge on any atom is -0.310 e. The standard InChI is InChI=1S/C46H30N2S/c1-3-13-35(14-4-1)47(38-25-21-31-11-7-8-12-33(31)29-38)37-23-19-32(20-24-37)34-22-27-42-41(30-34)45-43(48(42)36-15-5-2-6-16-36)28-26-40-39-17-9-10-18-44(39)49-46(40)45/h1-30H. The van der Waals surface area contributed by atoms with Gasteiger partial charge in [0.2, 0.25) is 0 Å². The van der Waals surface area contributed by atoms with E-state index in [1.165, 1.54) is 69.6 Å². The van der Waals surface area contributed by atoms with Crippen molar-refractivity contribution >= 4 is 81.1 Å². The minimum absolute atomic E-state index is 1.12. The summed E-state index contributed by atoms with van der Waals surface area (Å²) in [6, 6.07) is 66.0. The van der Waals surface area contributed by atoms with Crippen LogP contribution >= 0.6 is 11.3 Å². The number of para-hydroxylation sites is 2. The smallest absolute Gasteiger partial charge is 0.0555 e. The van der Waals surface area contributed by atoms with Crippen LogP contribution in [-0.2, 0) is 0 Å². The Morgan fingerprint density at radius 3 is 1.90 bits per heavy atom. The maximum Gasteiger partial charge on any atom is 0.0555 e. The zero-order chi connectivity index (χ0) is 32.3. The zero-order valence-corrected chi connectivity index (χ0v) is 27.4. The van der Waals surface area contributed by atoms with Crippen LogP contribution in [0, 0.1) is 0 Å². The minimum atomic E-state index is 1.12. The molecular weight excluding hydrogens is 613 g/mol. The monoisotopic (exact) mass is 642 g/mol. The number of fused-ring (bicyclic) bond motifs is 8. The van der Waals surface area contributed by atoms with Gasteiger partial charge in [-0.15, -0.1) is 11.3 Å². The Kier molecular flexibility index (Phi) is 6.39. The molecular formula is C46H30N2S. The molecule has 49 heavy (non-hydrogen) atoms. The van der Waals surface area contributed by atoms with Crippen LogP contribution in [0.3, 0.4) is 0 Å². The summed E-state index contributed by atoms with van der Waals surface area (Å²) in [5, 5.41) is 7.72. The van der Waals surface area contributed by atoms with E-state index in [2.05, 4.69) is 191 Å². The molecule has 8 aromatic carbocycles. The van der Waals surface area contributed by atoms with Gasteiger partial charge in [0.1, 0.15) is 0 Å². The Hall–Kier alpha value is -6.16. The normalized spacial score (nSPS) is 11.7. The Labute approximate surface area is 288 Å². The number of rotatable bonds is 5. The molecule has 0 saturated heterocycles. The fourth-order valence-electron chi connectivity index (χ4n) is 7.46. The van der Waals surface area contributed by atoms with E-state index in [4.69, 9.17) is 0 Å². The summed E-state index contributed by atoms with van der Waals surface area (Å²) in [7, 11) is 0. The fourth-order valence-corrected chi connectivity index (χ4v) is 8.72. The predicted octanol–water partition coefficient (Wildman–Crippen LogP) is 13.4. The van der Waals surface area contributed by atoms with E-state index in [-0.39, 0.29) is 0 Å². The molecule has 0 fully saturated rings. The number of hydrogen-bond donors (Lipinski definition) is 0. The van der Waals surface area contributed by atoms with Gasteiger partial charge in [-0.3, -0.25) is 0 Å². The average Bonchev–Trinajstić information content (AvgIpc) is 3.71. The molecule has 0 aliphatic carbocycles. The van der Waals surface area contributed by atoms with Gasteiger partial charge in [0.15, 0.2) is 0 Å². The Balaban J connectivity index is 1.14. The fraction of sp³-hybridized carbons (Fsp3) is 0. The third-order valence-corrected chi connectivity index (χ3v) is 11.0. The number of thiophene rings is 1. The number of benzene rings is 8. The number of anilines is 3. The van der Waals surface area contributed by atoms with Crippen LogP contribution in [-0.4, -0.2) is 4.57 Å². The molecule has 0 unspecified atom stereocenters. The van der Waals surface area contributed by atoms with E-state index in [0.717, 1.165) is 17.1 Å². The van der Waals surface area contributed by atoms with Gasteiger partial charge in [-0.1, -0.05) is 109 Å². The van der Waals surface area contributed by atoms with Crippen LogP contribution in [0.4, 0.5) is 17.1 Å². The van der Waals surface area contributed by atoms with Gasteiger partial charge < -0.3 is 9.47 Å². The van der Waals surface area contributed by atoms with E-state index in [9.17, 15) is 0 Å². The molecule has 0 aliphatic rings. The quantitative estimate of drug-likeness (QED) is 0.181. The highest BCUT2D eigenvalue weighted by atomic mass is 32.1. The van der Waals surface area contributed by atoms with Crippen LogP contribution in [0.15, 0.2) is 182 Å². The molecule has 10 rings (SSSR count). The van der Waals surface area contributed by atoms with Gasteiger partial charge >= 0.3 is 0 Å². The molecule has 0 aliphatic heterocycles. The molecule has 10 aromatic rings. The lowest BCUT2D eigenvalue weighted by atomic mass is 10.0. The van der Waals surface area contributed by atoms with E-state index in [1.807, 2.05) is 11.3 Å². The van der Waals surface area contributed by atoms with Crippen LogP contribution in [0.5, 0.6) is 0 Å². The van der Waals surface area contributed by atoms with Gasteiger partial charge in [0.25, 0.3) is 0 Å². The van der Waals surface area contributed by atoms with Crippen molar-refractivity contribution in [2.75, 3.05) is 4.90 Å². The van der Waals surface area contributed by atoms with Gasteiger partial charge in [0, 0.05) is 53.7 Å². The maximum atomic E-state index is 2.42. The second kappa shape index (κ2) is 11.2. The number of aromatic nitrogens is 1. The Morgan fingerprint density at radius 1 is 0.408 bits per heavy atom. The van der Waals surface area contributed by atoms with Gasteiger partial charge in [-0.25, -0.2) is 0 Å². The molecule has 0 bridgehead atoms. The SMILES string of the molecule is c1ccc(N(c2ccc(-c3ccc4c(c3)c3c5sc6ccccc6c5ccc3n4-c3ccccc3)cc2)c2ccc3ccccc3c2)cc1. The van der Waals surface area contributed by atoms with Crippen molar-refractivity contribution < 1.29 is 0 Å². The van der Waals surface area contributed by atoms with Crippen molar-refractivity contribution in [2.45, 2.75) is 0 Å². The summed E-state index contributed by atoms with van der Waals surface area (Å²) in [6.07, 6.45) is 0. The third kappa shape index (κ3) is 4.55. The topological polar surface area (TPSA) is 8.17 Å². The zero-order valence-electron chi connectivity index (χ0n) is 26.6. The molecule has 0 radical (unpaired) electrons. The second-order valence-electron chi connectivity index (χ2n) is 12.6. The molecule has 3 heteroatoms. The first kappa shape index (κ1) is 27.9. The Bertz CT molecular complexity index is 2810. The highest BCUT2D eigenvalue weighted by Gasteiger charge is 2.19. The lowest BCUT2D eigenvalue weighted by molar-refractivity contribution is 1.18. The first-order chi connectivity index (χ1) is 24.3. The number of hydrogen-bond acceptors (Lipinski definition) is 2. The largest absolute Gasteiger partial charge is 0.310 e. The summed E-state index contributed by atoms with van der Waals surface area (Å²) in [4.78, 5) is 2.34.